The SMILES string of the molecule is CC(C)SC1OC(CO)C(O)C(O)C1O.CC(C)S[C@@H]1O[C@H](CO)[C@H](O)[C@H](O)[C@H]1O. The molecule has 0 aromatic carbocycles. The van der Waals surface area contributed by atoms with Crippen LogP contribution in [-0.2, 0) is 9.47 Å². The molecule has 2 heterocycles. The Bertz CT molecular complexity index is 440. The van der Waals surface area contributed by atoms with Gasteiger partial charge in [0.05, 0.1) is 13.2 Å². The van der Waals surface area contributed by atoms with E-state index in [2.05, 4.69) is 0 Å². The van der Waals surface area contributed by atoms with Gasteiger partial charge in [-0.25, -0.2) is 0 Å². The zero-order valence-corrected chi connectivity index (χ0v) is 19.2. The monoisotopic (exact) mass is 476 g/mol. The van der Waals surface area contributed by atoms with Crippen LogP contribution in [0.3, 0.4) is 0 Å². The zero-order chi connectivity index (χ0) is 23.2. The normalized spacial score (nSPS) is 42.2. The van der Waals surface area contributed by atoms with Crippen molar-refractivity contribution < 1.29 is 50.3 Å². The minimum Gasteiger partial charge on any atom is -0.394 e. The fourth-order valence-corrected chi connectivity index (χ4v) is 5.03. The summed E-state index contributed by atoms with van der Waals surface area (Å²) in [6.07, 6.45) is -8.95. The zero-order valence-electron chi connectivity index (χ0n) is 17.6. The summed E-state index contributed by atoms with van der Waals surface area (Å²) in [7, 11) is 0. The molecule has 10 atom stereocenters. The second kappa shape index (κ2) is 13.1. The van der Waals surface area contributed by atoms with Gasteiger partial charge in [-0.3, -0.25) is 0 Å². The van der Waals surface area contributed by atoms with Crippen molar-refractivity contribution in [2.75, 3.05) is 13.2 Å². The van der Waals surface area contributed by atoms with E-state index in [0.717, 1.165) is 0 Å². The second-order valence-corrected chi connectivity index (χ2v) is 11.1. The topological polar surface area (TPSA) is 180 Å². The van der Waals surface area contributed by atoms with E-state index in [1.807, 2.05) is 27.7 Å². The molecular weight excluding hydrogens is 440 g/mol. The summed E-state index contributed by atoms with van der Waals surface area (Å²) >= 11 is 2.71. The van der Waals surface area contributed by atoms with Gasteiger partial charge in [-0.2, -0.15) is 0 Å². The van der Waals surface area contributed by atoms with Crippen LogP contribution < -0.4 is 0 Å². The molecule has 30 heavy (non-hydrogen) atoms. The number of hydrogen-bond acceptors (Lipinski definition) is 12. The maximum absolute atomic E-state index is 9.63. The first-order valence-corrected chi connectivity index (χ1v) is 11.7. The number of aliphatic hydroxyl groups excluding tert-OH is 8. The minimum absolute atomic E-state index is 0.228. The lowest BCUT2D eigenvalue weighted by atomic mass is 10.0. The van der Waals surface area contributed by atoms with Crippen molar-refractivity contribution in [3.8, 4) is 0 Å². The Morgan fingerprint density at radius 1 is 0.567 bits per heavy atom. The minimum atomic E-state index is -1.27. The van der Waals surface area contributed by atoms with E-state index in [1.165, 1.54) is 23.5 Å². The maximum Gasteiger partial charge on any atom is 0.132 e. The van der Waals surface area contributed by atoms with E-state index in [9.17, 15) is 30.6 Å². The lowest BCUT2D eigenvalue weighted by Crippen LogP contribution is -2.57. The summed E-state index contributed by atoms with van der Waals surface area (Å²) < 4.78 is 10.6. The molecule has 0 aliphatic carbocycles. The summed E-state index contributed by atoms with van der Waals surface area (Å²) in [6.45, 7) is 7.00. The third-order valence-corrected chi connectivity index (χ3v) is 6.91. The number of hydrogen-bond donors (Lipinski definition) is 8. The van der Waals surface area contributed by atoms with Gasteiger partial charge in [-0.1, -0.05) is 27.7 Å². The first kappa shape index (κ1) is 28.3. The molecule has 0 aromatic heterocycles. The fraction of sp³-hybridized carbons (Fsp3) is 1.00. The van der Waals surface area contributed by atoms with Crippen molar-refractivity contribution in [1.29, 1.82) is 0 Å². The van der Waals surface area contributed by atoms with Crippen LogP contribution in [0.5, 0.6) is 0 Å². The van der Waals surface area contributed by atoms with Crippen LogP contribution >= 0.6 is 23.5 Å². The summed E-state index contributed by atoms with van der Waals surface area (Å²) in [6, 6.07) is 0. The highest BCUT2D eigenvalue weighted by molar-refractivity contribution is 8.00. The van der Waals surface area contributed by atoms with Gasteiger partial charge in [-0.05, 0) is 0 Å². The summed E-state index contributed by atoms with van der Waals surface area (Å²) in [5, 5.41) is 75.5. The molecule has 12 heteroatoms. The smallest absolute Gasteiger partial charge is 0.132 e. The number of ether oxygens (including phenoxy) is 2. The Balaban J connectivity index is 0.000000300. The average Bonchev–Trinajstić information content (AvgIpc) is 2.68. The third-order valence-electron chi connectivity index (χ3n) is 4.51. The second-order valence-electron chi connectivity index (χ2n) is 7.76. The molecule has 2 aliphatic rings. The summed E-state index contributed by atoms with van der Waals surface area (Å²) in [5.74, 6) is 0. The van der Waals surface area contributed by atoms with Crippen molar-refractivity contribution >= 4 is 23.5 Å². The van der Waals surface area contributed by atoms with Crippen LogP contribution in [0.15, 0.2) is 0 Å². The molecule has 2 aliphatic heterocycles. The van der Waals surface area contributed by atoms with Gasteiger partial charge in [0.15, 0.2) is 0 Å². The number of thioether (sulfide) groups is 2. The summed E-state index contributed by atoms with van der Waals surface area (Å²) in [4.78, 5) is 0. The van der Waals surface area contributed by atoms with E-state index in [-0.39, 0.29) is 23.7 Å². The van der Waals surface area contributed by atoms with Gasteiger partial charge < -0.3 is 50.3 Å². The van der Waals surface area contributed by atoms with Crippen LogP contribution in [0.4, 0.5) is 0 Å². The third kappa shape index (κ3) is 7.71. The lowest BCUT2D eigenvalue weighted by Gasteiger charge is -2.40. The Kier molecular flexibility index (Phi) is 12.4. The lowest BCUT2D eigenvalue weighted by molar-refractivity contribution is -0.205. The predicted molar refractivity (Wildman–Crippen MR) is 113 cm³/mol. The van der Waals surface area contributed by atoms with Crippen molar-refractivity contribution in [1.82, 2.24) is 0 Å². The van der Waals surface area contributed by atoms with Gasteiger partial charge in [-0.15, -0.1) is 23.5 Å². The molecule has 10 nitrogen and oxygen atoms in total. The van der Waals surface area contributed by atoms with Crippen molar-refractivity contribution in [3.05, 3.63) is 0 Å². The fourth-order valence-electron chi connectivity index (χ4n) is 2.90. The molecule has 2 fully saturated rings. The van der Waals surface area contributed by atoms with Crippen LogP contribution in [0.1, 0.15) is 27.7 Å². The summed E-state index contributed by atoms with van der Waals surface area (Å²) in [5.41, 5.74) is -1.22. The van der Waals surface area contributed by atoms with Crippen LogP contribution in [-0.4, -0.2) is 124 Å². The van der Waals surface area contributed by atoms with E-state index in [0.29, 0.717) is 0 Å². The Hall–Kier alpha value is 0.300. The molecule has 180 valence electrons. The molecule has 0 aromatic rings. The van der Waals surface area contributed by atoms with E-state index in [4.69, 9.17) is 19.7 Å². The molecule has 5 unspecified atom stereocenters. The molecule has 0 radical (unpaired) electrons. The largest absolute Gasteiger partial charge is 0.394 e. The van der Waals surface area contributed by atoms with Gasteiger partial charge in [0.2, 0.25) is 0 Å². The van der Waals surface area contributed by atoms with Gasteiger partial charge in [0.25, 0.3) is 0 Å². The molecule has 2 rings (SSSR count). The van der Waals surface area contributed by atoms with Crippen molar-refractivity contribution in [2.45, 2.75) is 97.9 Å². The van der Waals surface area contributed by atoms with E-state index in [1.54, 1.807) is 0 Å². The predicted octanol–water partition coefficient (Wildman–Crippen LogP) is -2.14. The van der Waals surface area contributed by atoms with Gasteiger partial charge in [0, 0.05) is 10.5 Å². The van der Waals surface area contributed by atoms with Crippen molar-refractivity contribution in [2.24, 2.45) is 0 Å². The molecular formula is C18H36O10S2. The van der Waals surface area contributed by atoms with Crippen LogP contribution in [0.2, 0.25) is 0 Å². The molecule has 0 spiro atoms. The Labute approximate surface area is 185 Å². The molecule has 0 bridgehead atoms. The Morgan fingerprint density at radius 2 is 0.867 bits per heavy atom. The van der Waals surface area contributed by atoms with Gasteiger partial charge >= 0.3 is 0 Å². The van der Waals surface area contributed by atoms with Gasteiger partial charge in [0.1, 0.15) is 59.7 Å². The Morgan fingerprint density at radius 3 is 1.10 bits per heavy atom. The van der Waals surface area contributed by atoms with Crippen LogP contribution in [0.25, 0.3) is 0 Å². The standard InChI is InChI=1S/2C9H18O5S/c2*1-4(2)15-9-8(13)7(12)6(11)5(3-10)14-9/h2*4-13H,3H2,1-2H3/t5-,6+,7+,8-,9+;/m1./s1. The van der Waals surface area contributed by atoms with E-state index >= 15 is 0 Å². The molecule has 0 amide bonds. The number of aliphatic hydroxyl groups is 8. The molecule has 2 saturated heterocycles. The molecule has 0 saturated carbocycles. The van der Waals surface area contributed by atoms with Crippen molar-refractivity contribution in [3.63, 3.8) is 0 Å². The maximum atomic E-state index is 9.63. The first-order chi connectivity index (χ1) is 13.9. The molecule has 8 N–H and O–H groups in total. The van der Waals surface area contributed by atoms with Crippen LogP contribution in [0, 0.1) is 0 Å². The highest BCUT2D eigenvalue weighted by Crippen LogP contribution is 2.31. The first-order valence-electron chi connectivity index (χ1n) is 9.86. The quantitative estimate of drug-likeness (QED) is 0.209. The number of rotatable bonds is 6. The highest BCUT2D eigenvalue weighted by atomic mass is 32.2. The van der Waals surface area contributed by atoms with E-state index < -0.39 is 59.7 Å². The average molecular weight is 477 g/mol. The highest BCUT2D eigenvalue weighted by Gasteiger charge is 2.44.